The molecule has 4 nitrogen and oxygen atoms in total. The summed E-state index contributed by atoms with van der Waals surface area (Å²) in [6.07, 6.45) is 9.38. The lowest BCUT2D eigenvalue weighted by molar-refractivity contribution is -0.142. The second kappa shape index (κ2) is 13.1. The van der Waals surface area contributed by atoms with Crippen LogP contribution in [-0.4, -0.2) is 35.5 Å². The normalized spacial score (nSPS) is 12.2. The molecule has 0 amide bonds. The van der Waals surface area contributed by atoms with Crippen LogP contribution in [0.2, 0.25) is 0 Å². The zero-order valence-electron chi connectivity index (χ0n) is 12.8. The number of unbranched alkanes of at least 4 members (excludes halogenated alkanes) is 7. The van der Waals surface area contributed by atoms with Gasteiger partial charge < -0.3 is 14.9 Å². The van der Waals surface area contributed by atoms with Crippen LogP contribution in [0, 0.1) is 0 Å². The van der Waals surface area contributed by atoms with E-state index in [4.69, 9.17) is 14.9 Å². The summed E-state index contributed by atoms with van der Waals surface area (Å²) >= 11 is 0. The van der Waals surface area contributed by atoms with Crippen molar-refractivity contribution in [3.05, 3.63) is 12.2 Å². The van der Waals surface area contributed by atoms with Crippen LogP contribution in [0.25, 0.3) is 0 Å². The molecule has 0 aliphatic carbocycles. The van der Waals surface area contributed by atoms with Gasteiger partial charge in [0.05, 0.1) is 6.61 Å². The smallest absolute Gasteiger partial charge is 0.333 e. The van der Waals surface area contributed by atoms with Gasteiger partial charge in [-0.05, 0) is 12.8 Å². The Bertz CT molecular complexity index is 263. The van der Waals surface area contributed by atoms with Gasteiger partial charge >= 0.3 is 5.97 Å². The molecule has 0 spiro atoms. The SMILES string of the molecule is C=C(CCCCCCCCCC)C(=O)OCC(O)CO. The van der Waals surface area contributed by atoms with E-state index in [1.165, 1.54) is 38.5 Å². The molecule has 0 aliphatic heterocycles. The van der Waals surface area contributed by atoms with E-state index in [0.717, 1.165) is 12.8 Å². The predicted octanol–water partition coefficient (Wildman–Crippen LogP) is 2.97. The Balaban J connectivity index is 3.46. The Hall–Kier alpha value is -0.870. The first-order valence-corrected chi connectivity index (χ1v) is 7.75. The van der Waals surface area contributed by atoms with Gasteiger partial charge in [0, 0.05) is 5.57 Å². The van der Waals surface area contributed by atoms with Crippen LogP contribution < -0.4 is 0 Å². The third-order valence-corrected chi connectivity index (χ3v) is 3.24. The Morgan fingerprint density at radius 1 is 1.10 bits per heavy atom. The Labute approximate surface area is 122 Å². The number of aliphatic hydroxyl groups excluding tert-OH is 2. The Kier molecular flexibility index (Phi) is 12.6. The van der Waals surface area contributed by atoms with Crippen LogP contribution in [0.15, 0.2) is 12.2 Å². The molecule has 4 heteroatoms. The summed E-state index contributed by atoms with van der Waals surface area (Å²) in [7, 11) is 0. The molecule has 0 bridgehead atoms. The van der Waals surface area contributed by atoms with Gasteiger partial charge in [0.25, 0.3) is 0 Å². The second-order valence-electron chi connectivity index (χ2n) is 5.26. The van der Waals surface area contributed by atoms with Crippen molar-refractivity contribution in [3.63, 3.8) is 0 Å². The molecule has 0 saturated heterocycles. The summed E-state index contributed by atoms with van der Waals surface area (Å²) in [5.74, 6) is -0.472. The second-order valence-corrected chi connectivity index (χ2v) is 5.26. The summed E-state index contributed by atoms with van der Waals surface area (Å²) in [6, 6.07) is 0. The highest BCUT2D eigenvalue weighted by Crippen LogP contribution is 2.12. The summed E-state index contributed by atoms with van der Waals surface area (Å²) < 4.78 is 4.83. The summed E-state index contributed by atoms with van der Waals surface area (Å²) in [4.78, 5) is 11.5. The zero-order valence-corrected chi connectivity index (χ0v) is 12.8. The number of rotatable bonds is 13. The summed E-state index contributed by atoms with van der Waals surface area (Å²) in [6.45, 7) is 5.33. The third kappa shape index (κ3) is 11.0. The van der Waals surface area contributed by atoms with Crippen LogP contribution in [-0.2, 0) is 9.53 Å². The molecule has 0 aliphatic rings. The quantitative estimate of drug-likeness (QED) is 0.310. The van der Waals surface area contributed by atoms with Crippen molar-refractivity contribution < 1.29 is 19.7 Å². The fraction of sp³-hybridized carbons (Fsp3) is 0.812. The van der Waals surface area contributed by atoms with Crippen LogP contribution in [0.1, 0.15) is 64.7 Å². The van der Waals surface area contributed by atoms with Gasteiger partial charge in [-0.1, -0.05) is 58.4 Å². The molecule has 20 heavy (non-hydrogen) atoms. The van der Waals surface area contributed by atoms with Crippen molar-refractivity contribution in [2.75, 3.05) is 13.2 Å². The molecule has 2 N–H and O–H groups in total. The molecule has 0 heterocycles. The van der Waals surface area contributed by atoms with Crippen molar-refractivity contribution >= 4 is 5.97 Å². The van der Waals surface area contributed by atoms with E-state index in [1.807, 2.05) is 0 Å². The van der Waals surface area contributed by atoms with Gasteiger partial charge in [-0.15, -0.1) is 0 Å². The molecule has 0 saturated carbocycles. The number of hydrogen-bond acceptors (Lipinski definition) is 4. The van der Waals surface area contributed by atoms with Crippen molar-refractivity contribution in [1.29, 1.82) is 0 Å². The monoisotopic (exact) mass is 286 g/mol. The highest BCUT2D eigenvalue weighted by Gasteiger charge is 2.10. The van der Waals surface area contributed by atoms with Gasteiger partial charge in [0.15, 0.2) is 0 Å². The fourth-order valence-corrected chi connectivity index (χ4v) is 1.90. The third-order valence-electron chi connectivity index (χ3n) is 3.24. The largest absolute Gasteiger partial charge is 0.459 e. The molecule has 0 fully saturated rings. The first-order chi connectivity index (χ1) is 9.61. The van der Waals surface area contributed by atoms with Crippen LogP contribution in [0.4, 0.5) is 0 Å². The maximum Gasteiger partial charge on any atom is 0.333 e. The lowest BCUT2D eigenvalue weighted by Gasteiger charge is -2.09. The number of ether oxygens (including phenoxy) is 1. The fourth-order valence-electron chi connectivity index (χ4n) is 1.90. The van der Waals surface area contributed by atoms with E-state index in [1.54, 1.807) is 0 Å². The van der Waals surface area contributed by atoms with Crippen molar-refractivity contribution in [2.45, 2.75) is 70.8 Å². The van der Waals surface area contributed by atoms with Crippen molar-refractivity contribution in [1.82, 2.24) is 0 Å². The lowest BCUT2D eigenvalue weighted by atomic mass is 10.1. The minimum Gasteiger partial charge on any atom is -0.459 e. The molecule has 118 valence electrons. The summed E-state index contributed by atoms with van der Waals surface area (Å²) in [5.41, 5.74) is 0.445. The van der Waals surface area contributed by atoms with E-state index in [2.05, 4.69) is 13.5 Å². The molecule has 1 atom stereocenters. The lowest BCUT2D eigenvalue weighted by Crippen LogP contribution is -2.22. The number of esters is 1. The average Bonchev–Trinajstić information content (AvgIpc) is 2.46. The topological polar surface area (TPSA) is 66.8 Å². The number of carbonyl (C=O) groups excluding carboxylic acids is 1. The van der Waals surface area contributed by atoms with E-state index in [9.17, 15) is 4.79 Å². The van der Waals surface area contributed by atoms with Crippen LogP contribution in [0.3, 0.4) is 0 Å². The number of hydrogen-bond donors (Lipinski definition) is 2. The minimum absolute atomic E-state index is 0.175. The Morgan fingerprint density at radius 2 is 1.65 bits per heavy atom. The van der Waals surface area contributed by atoms with Crippen molar-refractivity contribution in [3.8, 4) is 0 Å². The van der Waals surface area contributed by atoms with E-state index in [0.29, 0.717) is 12.0 Å². The van der Waals surface area contributed by atoms with Crippen LogP contribution >= 0.6 is 0 Å². The van der Waals surface area contributed by atoms with E-state index >= 15 is 0 Å². The molecule has 0 aromatic rings. The van der Waals surface area contributed by atoms with Gasteiger partial charge in [-0.25, -0.2) is 4.79 Å². The standard InChI is InChI=1S/C16H30O4/c1-3-4-5-6-7-8-9-10-11-14(2)16(19)20-13-15(18)12-17/h15,17-18H,2-13H2,1H3. The van der Waals surface area contributed by atoms with Gasteiger partial charge in [-0.3, -0.25) is 0 Å². The van der Waals surface area contributed by atoms with Gasteiger partial charge in [-0.2, -0.15) is 0 Å². The maximum atomic E-state index is 11.5. The van der Waals surface area contributed by atoms with E-state index in [-0.39, 0.29) is 6.61 Å². The highest BCUT2D eigenvalue weighted by molar-refractivity contribution is 5.87. The number of aliphatic hydroxyl groups is 2. The minimum atomic E-state index is -1.00. The highest BCUT2D eigenvalue weighted by atomic mass is 16.5. The first kappa shape index (κ1) is 19.1. The van der Waals surface area contributed by atoms with Gasteiger partial charge in [0.2, 0.25) is 0 Å². The molecule has 0 aromatic heterocycles. The predicted molar refractivity (Wildman–Crippen MR) is 80.4 cm³/mol. The van der Waals surface area contributed by atoms with E-state index < -0.39 is 18.7 Å². The maximum absolute atomic E-state index is 11.5. The molecule has 0 rings (SSSR count). The molecule has 0 aromatic carbocycles. The first-order valence-electron chi connectivity index (χ1n) is 7.75. The molecular formula is C16H30O4. The number of carbonyl (C=O) groups is 1. The average molecular weight is 286 g/mol. The molecule has 1 unspecified atom stereocenters. The summed E-state index contributed by atoms with van der Waals surface area (Å²) in [5, 5.41) is 17.7. The zero-order chi connectivity index (χ0) is 15.2. The molecule has 0 radical (unpaired) electrons. The Morgan fingerprint density at radius 3 is 2.20 bits per heavy atom. The van der Waals surface area contributed by atoms with Crippen LogP contribution in [0.5, 0.6) is 0 Å². The van der Waals surface area contributed by atoms with Gasteiger partial charge in [0.1, 0.15) is 12.7 Å². The molecular weight excluding hydrogens is 256 g/mol. The van der Waals surface area contributed by atoms with Crippen molar-refractivity contribution in [2.24, 2.45) is 0 Å².